The molecule has 0 radical (unpaired) electrons. The Morgan fingerprint density at radius 1 is 1.29 bits per heavy atom. The van der Waals surface area contributed by atoms with Crippen LogP contribution in [0.25, 0.3) is 0 Å². The van der Waals surface area contributed by atoms with Crippen LogP contribution in [0.3, 0.4) is 0 Å². The topological polar surface area (TPSA) is 57.0 Å². The largest absolute Gasteiger partial charge is 0.493 e. The molecule has 0 bridgehead atoms. The number of benzene rings is 1. The molecule has 5 heteroatoms. The molecule has 21 heavy (non-hydrogen) atoms. The first-order valence-electron chi connectivity index (χ1n) is 7.38. The van der Waals surface area contributed by atoms with Gasteiger partial charge in [-0.2, -0.15) is 0 Å². The third kappa shape index (κ3) is 3.87. The van der Waals surface area contributed by atoms with Crippen molar-refractivity contribution in [3.63, 3.8) is 0 Å². The fraction of sp³-hybridized carbons (Fsp3) is 0.625. The lowest BCUT2D eigenvalue weighted by Gasteiger charge is -2.38. The van der Waals surface area contributed by atoms with Gasteiger partial charge >= 0.3 is 0 Å². The fourth-order valence-corrected chi connectivity index (χ4v) is 2.67. The van der Waals surface area contributed by atoms with Gasteiger partial charge in [0.1, 0.15) is 0 Å². The van der Waals surface area contributed by atoms with Gasteiger partial charge < -0.3 is 19.9 Å². The van der Waals surface area contributed by atoms with E-state index in [1.54, 1.807) is 14.2 Å². The summed E-state index contributed by atoms with van der Waals surface area (Å²) in [6.45, 7) is 6.76. The molecule has 1 aromatic carbocycles. The molecule has 5 nitrogen and oxygen atoms in total. The summed E-state index contributed by atoms with van der Waals surface area (Å²) in [4.78, 5) is 2.38. The Kier molecular flexibility index (Phi) is 5.45. The summed E-state index contributed by atoms with van der Waals surface area (Å²) in [6, 6.07) is 6.20. The zero-order chi connectivity index (χ0) is 15.4. The maximum atomic E-state index is 6.37. The molecule has 1 saturated heterocycles. The molecule has 2 rings (SSSR count). The van der Waals surface area contributed by atoms with Crippen LogP contribution in [0.2, 0.25) is 0 Å². The van der Waals surface area contributed by atoms with Gasteiger partial charge in [-0.1, -0.05) is 6.07 Å². The molecular weight excluding hydrogens is 268 g/mol. The van der Waals surface area contributed by atoms with Gasteiger partial charge in [0, 0.05) is 25.2 Å². The minimum atomic E-state index is -0.0578. The molecule has 0 saturated carbocycles. The van der Waals surface area contributed by atoms with Crippen molar-refractivity contribution in [2.75, 3.05) is 33.9 Å². The van der Waals surface area contributed by atoms with E-state index < -0.39 is 0 Å². The van der Waals surface area contributed by atoms with Gasteiger partial charge in [-0.3, -0.25) is 4.90 Å². The third-order valence-electron chi connectivity index (χ3n) is 4.00. The van der Waals surface area contributed by atoms with Crippen LogP contribution in [0.15, 0.2) is 18.2 Å². The lowest BCUT2D eigenvalue weighted by atomic mass is 10.0. The summed E-state index contributed by atoms with van der Waals surface area (Å²) in [5.41, 5.74) is 7.42. The molecule has 3 atom stereocenters. The van der Waals surface area contributed by atoms with E-state index in [4.69, 9.17) is 19.9 Å². The first kappa shape index (κ1) is 16.1. The molecule has 118 valence electrons. The normalized spacial score (nSPS) is 24.6. The lowest BCUT2D eigenvalue weighted by Crippen LogP contribution is -2.49. The van der Waals surface area contributed by atoms with E-state index in [2.05, 4.69) is 18.7 Å². The highest BCUT2D eigenvalue weighted by molar-refractivity contribution is 5.43. The van der Waals surface area contributed by atoms with E-state index in [9.17, 15) is 0 Å². The highest BCUT2D eigenvalue weighted by Gasteiger charge is 2.25. The average Bonchev–Trinajstić information content (AvgIpc) is 2.50. The predicted octanol–water partition coefficient (Wildman–Crippen LogP) is 1.81. The predicted molar refractivity (Wildman–Crippen MR) is 82.9 cm³/mol. The molecule has 1 fully saturated rings. The first-order valence-corrected chi connectivity index (χ1v) is 7.38. The number of hydrogen-bond donors (Lipinski definition) is 1. The maximum absolute atomic E-state index is 6.37. The number of nitrogens with two attached hydrogens (primary N) is 1. The molecule has 1 heterocycles. The molecular formula is C16H26N2O3. The summed E-state index contributed by atoms with van der Waals surface area (Å²) in [6.07, 6.45) is 0.263. The Hall–Kier alpha value is -1.30. The van der Waals surface area contributed by atoms with Gasteiger partial charge in [0.15, 0.2) is 11.5 Å². The minimum absolute atomic E-state index is 0.0578. The molecule has 2 N–H and O–H groups in total. The Bertz CT molecular complexity index is 467. The van der Waals surface area contributed by atoms with Crippen molar-refractivity contribution in [3.05, 3.63) is 23.8 Å². The van der Waals surface area contributed by atoms with E-state index in [-0.39, 0.29) is 12.1 Å². The second-order valence-corrected chi connectivity index (χ2v) is 5.67. The van der Waals surface area contributed by atoms with E-state index in [1.807, 2.05) is 18.2 Å². The van der Waals surface area contributed by atoms with Crippen LogP contribution in [0.1, 0.15) is 25.5 Å². The smallest absolute Gasteiger partial charge is 0.161 e. The number of rotatable bonds is 5. The van der Waals surface area contributed by atoms with Crippen molar-refractivity contribution >= 4 is 0 Å². The Balaban J connectivity index is 2.07. The number of hydrogen-bond acceptors (Lipinski definition) is 5. The van der Waals surface area contributed by atoms with Crippen molar-refractivity contribution < 1.29 is 14.2 Å². The maximum Gasteiger partial charge on any atom is 0.161 e. The highest BCUT2D eigenvalue weighted by Crippen LogP contribution is 2.30. The second kappa shape index (κ2) is 7.11. The summed E-state index contributed by atoms with van der Waals surface area (Å²) in [5, 5.41) is 0. The molecule has 0 amide bonds. The molecule has 0 aromatic heterocycles. The van der Waals surface area contributed by atoms with Crippen LogP contribution in [-0.4, -0.2) is 51.0 Å². The van der Waals surface area contributed by atoms with Gasteiger partial charge in [-0.25, -0.2) is 0 Å². The zero-order valence-electron chi connectivity index (χ0n) is 13.3. The van der Waals surface area contributed by atoms with E-state index in [1.165, 1.54) is 0 Å². The average molecular weight is 294 g/mol. The molecule has 3 unspecified atom stereocenters. The summed E-state index contributed by atoms with van der Waals surface area (Å²) in [5.74, 6) is 1.44. The minimum Gasteiger partial charge on any atom is -0.493 e. The number of morpholine rings is 1. The van der Waals surface area contributed by atoms with Crippen LogP contribution in [-0.2, 0) is 4.74 Å². The van der Waals surface area contributed by atoms with E-state index in [0.29, 0.717) is 11.8 Å². The van der Waals surface area contributed by atoms with Crippen molar-refractivity contribution in [1.29, 1.82) is 0 Å². The highest BCUT2D eigenvalue weighted by atomic mass is 16.5. The summed E-state index contributed by atoms with van der Waals surface area (Å²) in [7, 11) is 3.27. The Morgan fingerprint density at radius 2 is 2.00 bits per heavy atom. The SMILES string of the molecule is COc1ccc(C(N)CN2CC(C)OCC2C)cc1OC. The van der Waals surface area contributed by atoms with E-state index >= 15 is 0 Å². The quantitative estimate of drug-likeness (QED) is 0.897. The standard InChI is InChI=1S/C16H26N2O3/c1-11-10-21-12(2)8-18(11)9-14(17)13-5-6-15(19-3)16(7-13)20-4/h5-7,11-12,14H,8-10,17H2,1-4H3. The van der Waals surface area contributed by atoms with Crippen LogP contribution in [0, 0.1) is 0 Å². The van der Waals surface area contributed by atoms with Crippen molar-refractivity contribution in [2.45, 2.75) is 32.0 Å². The van der Waals surface area contributed by atoms with Gasteiger partial charge in [0.2, 0.25) is 0 Å². The zero-order valence-corrected chi connectivity index (χ0v) is 13.3. The number of ether oxygens (including phenoxy) is 3. The van der Waals surface area contributed by atoms with Gasteiger partial charge in [-0.15, -0.1) is 0 Å². The molecule has 0 aliphatic carbocycles. The van der Waals surface area contributed by atoms with Gasteiger partial charge in [0.25, 0.3) is 0 Å². The molecule has 1 aliphatic heterocycles. The van der Waals surface area contributed by atoms with E-state index in [0.717, 1.165) is 31.0 Å². The fourth-order valence-electron chi connectivity index (χ4n) is 2.67. The van der Waals surface area contributed by atoms with Crippen LogP contribution in [0.5, 0.6) is 11.5 Å². The summed E-state index contributed by atoms with van der Waals surface area (Å²) < 4.78 is 16.3. The summed E-state index contributed by atoms with van der Waals surface area (Å²) >= 11 is 0. The monoisotopic (exact) mass is 294 g/mol. The van der Waals surface area contributed by atoms with Crippen LogP contribution >= 0.6 is 0 Å². The molecule has 1 aromatic rings. The number of nitrogens with zero attached hydrogens (tertiary/aromatic N) is 1. The van der Waals surface area contributed by atoms with Crippen molar-refractivity contribution in [2.24, 2.45) is 5.73 Å². The van der Waals surface area contributed by atoms with Crippen molar-refractivity contribution in [1.82, 2.24) is 4.90 Å². The number of methoxy groups -OCH3 is 2. The second-order valence-electron chi connectivity index (χ2n) is 5.67. The van der Waals surface area contributed by atoms with Crippen LogP contribution in [0.4, 0.5) is 0 Å². The lowest BCUT2D eigenvalue weighted by molar-refractivity contribution is -0.0510. The third-order valence-corrected chi connectivity index (χ3v) is 4.00. The van der Waals surface area contributed by atoms with Gasteiger partial charge in [-0.05, 0) is 31.5 Å². The van der Waals surface area contributed by atoms with Gasteiger partial charge in [0.05, 0.1) is 26.9 Å². The molecule has 1 aliphatic rings. The first-order chi connectivity index (χ1) is 10.0. The Labute approximate surface area is 127 Å². The van der Waals surface area contributed by atoms with Crippen molar-refractivity contribution in [3.8, 4) is 11.5 Å². The van der Waals surface area contributed by atoms with Crippen LogP contribution < -0.4 is 15.2 Å². The Morgan fingerprint density at radius 3 is 2.67 bits per heavy atom. The molecule has 0 spiro atoms.